The van der Waals surface area contributed by atoms with E-state index in [0.717, 1.165) is 5.57 Å². The van der Waals surface area contributed by atoms with Gasteiger partial charge in [0, 0.05) is 41.5 Å². The first-order valence-electron chi connectivity index (χ1n) is 15.1. The van der Waals surface area contributed by atoms with Crippen molar-refractivity contribution in [2.75, 3.05) is 0 Å². The van der Waals surface area contributed by atoms with Crippen LogP contribution in [0.3, 0.4) is 0 Å². The minimum atomic E-state index is -1.21. The molecule has 10 atom stereocenters. The summed E-state index contributed by atoms with van der Waals surface area (Å²) in [6.07, 6.45) is 3.23. The average Bonchev–Trinajstić information content (AvgIpc) is 3.03. The number of aliphatic hydroxyl groups excluding tert-OH is 2. The van der Waals surface area contributed by atoms with Crippen molar-refractivity contribution >= 4 is 17.5 Å². The fourth-order valence-corrected chi connectivity index (χ4v) is 9.96. The zero-order chi connectivity index (χ0) is 29.8. The number of fused-ring (bicyclic) bond motifs is 4. The van der Waals surface area contributed by atoms with Crippen LogP contribution < -0.4 is 5.73 Å². The Bertz CT molecular complexity index is 1160. The fraction of sp³-hybridized carbons (Fsp3) is 0.844. The molecule has 4 aliphatic carbocycles. The van der Waals surface area contributed by atoms with Crippen LogP contribution in [0, 0.1) is 34.0 Å². The van der Waals surface area contributed by atoms with Gasteiger partial charge in [0.1, 0.15) is 17.0 Å². The van der Waals surface area contributed by atoms with Crippen LogP contribution in [0.15, 0.2) is 11.6 Å². The van der Waals surface area contributed by atoms with E-state index in [0.29, 0.717) is 25.7 Å². The Hall–Kier alpha value is -1.61. The Morgan fingerprint density at radius 2 is 1.80 bits per heavy atom. The lowest BCUT2D eigenvalue weighted by Crippen LogP contribution is -2.79. The zero-order valence-corrected chi connectivity index (χ0v) is 25.5. The summed E-state index contributed by atoms with van der Waals surface area (Å²) < 4.78 is 12.2. The van der Waals surface area contributed by atoms with Gasteiger partial charge in [0.2, 0.25) is 0 Å². The number of ether oxygens (including phenoxy) is 2. The summed E-state index contributed by atoms with van der Waals surface area (Å²) in [6, 6.07) is -0.398. The molecule has 0 aromatic heterocycles. The second-order valence-corrected chi connectivity index (χ2v) is 15.2. The number of carbonyl (C=O) groups excluding carboxylic acids is 3. The third-order valence-corrected chi connectivity index (χ3v) is 12.3. The summed E-state index contributed by atoms with van der Waals surface area (Å²) in [6.45, 7) is 15.4. The van der Waals surface area contributed by atoms with Crippen LogP contribution in [-0.2, 0) is 23.9 Å². The van der Waals surface area contributed by atoms with Crippen LogP contribution in [0.1, 0.15) is 100 Å². The van der Waals surface area contributed by atoms with Crippen LogP contribution >= 0.6 is 0 Å². The summed E-state index contributed by atoms with van der Waals surface area (Å²) in [4.78, 5) is 39.8. The quantitative estimate of drug-likeness (QED) is 0.332. The highest BCUT2D eigenvalue weighted by molar-refractivity contribution is 5.92. The van der Waals surface area contributed by atoms with Crippen molar-refractivity contribution in [1.82, 2.24) is 0 Å². The summed E-state index contributed by atoms with van der Waals surface area (Å²) >= 11 is 0. The molecule has 5 aliphatic rings. The van der Waals surface area contributed by atoms with E-state index >= 15 is 0 Å². The number of ketones is 2. The zero-order valence-electron chi connectivity index (χ0n) is 25.5. The maximum absolute atomic E-state index is 14.3. The minimum Gasteiger partial charge on any atom is -0.460 e. The van der Waals surface area contributed by atoms with Crippen molar-refractivity contribution in [2.24, 2.45) is 39.7 Å². The molecular formula is C32H49NO7. The van der Waals surface area contributed by atoms with Crippen LogP contribution in [0.4, 0.5) is 0 Å². The van der Waals surface area contributed by atoms with Crippen LogP contribution in [-0.4, -0.2) is 62.8 Å². The van der Waals surface area contributed by atoms with E-state index in [-0.39, 0.29) is 48.6 Å². The monoisotopic (exact) mass is 559 g/mol. The predicted molar refractivity (Wildman–Crippen MR) is 149 cm³/mol. The lowest BCUT2D eigenvalue weighted by atomic mass is 9.39. The second kappa shape index (κ2) is 8.95. The first-order valence-corrected chi connectivity index (χ1v) is 15.1. The van der Waals surface area contributed by atoms with Gasteiger partial charge in [-0.05, 0) is 58.3 Å². The Morgan fingerprint density at radius 1 is 1.15 bits per heavy atom. The number of Topliss-reactive ketones (excluding diaryl/α,β-unsaturated/α-hetero) is 2. The van der Waals surface area contributed by atoms with Crippen molar-refractivity contribution in [3.05, 3.63) is 11.6 Å². The van der Waals surface area contributed by atoms with Gasteiger partial charge in [-0.2, -0.15) is 0 Å². The normalized spacial score (nSPS) is 47.2. The molecule has 0 bridgehead atoms. The summed E-state index contributed by atoms with van der Waals surface area (Å²) in [5.41, 5.74) is 3.02. The number of hydrogen-bond acceptors (Lipinski definition) is 8. The van der Waals surface area contributed by atoms with Crippen LogP contribution in [0.25, 0.3) is 0 Å². The number of carbonyl (C=O) groups is 3. The van der Waals surface area contributed by atoms with Gasteiger partial charge in [-0.1, -0.05) is 46.3 Å². The van der Waals surface area contributed by atoms with Gasteiger partial charge >= 0.3 is 5.97 Å². The minimum absolute atomic E-state index is 0.0882. The van der Waals surface area contributed by atoms with Gasteiger partial charge in [-0.3, -0.25) is 14.4 Å². The number of rotatable bonds is 6. The molecule has 0 amide bonds. The highest BCUT2D eigenvalue weighted by Gasteiger charge is 2.83. The van der Waals surface area contributed by atoms with E-state index < -0.39 is 57.2 Å². The van der Waals surface area contributed by atoms with Crippen molar-refractivity contribution < 1.29 is 34.1 Å². The molecule has 8 nitrogen and oxygen atoms in total. The van der Waals surface area contributed by atoms with Crippen molar-refractivity contribution in [3.63, 3.8) is 0 Å². The SMILES string of the molecule is CCC(=O)OC(C)(C)CCC(=O)[C@]1(C)O[C@]23CC(=O)[C@@]4(C)[C@@H]5C[C@H](O)C(N)C(C)(C)C5=CC[C@H]4[C@]2(C)C[C@@H](O)[C@H]13. The Balaban J connectivity index is 1.44. The topological polar surface area (TPSA) is 136 Å². The highest BCUT2D eigenvalue weighted by Crippen LogP contribution is 2.76. The maximum Gasteiger partial charge on any atom is 0.306 e. The van der Waals surface area contributed by atoms with Gasteiger partial charge in [0.05, 0.1) is 23.7 Å². The number of aliphatic hydroxyl groups is 2. The molecule has 1 unspecified atom stereocenters. The molecule has 40 heavy (non-hydrogen) atoms. The van der Waals surface area contributed by atoms with E-state index in [1.165, 1.54) is 0 Å². The van der Waals surface area contributed by atoms with E-state index in [1.807, 2.05) is 0 Å². The third-order valence-electron chi connectivity index (χ3n) is 12.3. The average molecular weight is 560 g/mol. The molecule has 3 saturated carbocycles. The lowest BCUT2D eigenvalue weighted by molar-refractivity contribution is -0.347. The van der Waals surface area contributed by atoms with E-state index in [9.17, 15) is 24.6 Å². The lowest BCUT2D eigenvalue weighted by Gasteiger charge is -2.70. The van der Waals surface area contributed by atoms with E-state index in [2.05, 4.69) is 33.8 Å². The van der Waals surface area contributed by atoms with Gasteiger partial charge < -0.3 is 25.4 Å². The number of hydrogen-bond donors (Lipinski definition) is 3. The molecule has 1 spiro atoms. The molecule has 0 radical (unpaired) electrons. The van der Waals surface area contributed by atoms with E-state index in [1.54, 1.807) is 27.7 Å². The van der Waals surface area contributed by atoms with Gasteiger partial charge in [-0.25, -0.2) is 0 Å². The molecule has 5 rings (SSSR count). The molecule has 0 aromatic carbocycles. The molecule has 4 fully saturated rings. The molecule has 8 heteroatoms. The molecule has 4 N–H and O–H groups in total. The van der Waals surface area contributed by atoms with Crippen molar-refractivity contribution in [3.8, 4) is 0 Å². The summed E-state index contributed by atoms with van der Waals surface area (Å²) in [5, 5.41) is 22.5. The number of allylic oxidation sites excluding steroid dienone is 1. The second-order valence-electron chi connectivity index (χ2n) is 15.2. The maximum atomic E-state index is 14.3. The van der Waals surface area contributed by atoms with Crippen LogP contribution in [0.2, 0.25) is 0 Å². The molecule has 1 aliphatic heterocycles. The third kappa shape index (κ3) is 3.67. The molecule has 1 heterocycles. The molecule has 0 aromatic rings. The summed E-state index contributed by atoms with van der Waals surface area (Å²) in [7, 11) is 0. The molecule has 1 saturated heterocycles. The first kappa shape index (κ1) is 29.9. The molecule has 224 valence electrons. The van der Waals surface area contributed by atoms with Gasteiger partial charge in [-0.15, -0.1) is 0 Å². The van der Waals surface area contributed by atoms with Gasteiger partial charge in [0.15, 0.2) is 5.78 Å². The highest BCUT2D eigenvalue weighted by atomic mass is 16.6. The predicted octanol–water partition coefficient (Wildman–Crippen LogP) is 3.64. The first-order chi connectivity index (χ1) is 18.3. The Morgan fingerprint density at radius 3 is 2.42 bits per heavy atom. The van der Waals surface area contributed by atoms with Crippen molar-refractivity contribution in [1.29, 1.82) is 0 Å². The standard InChI is InChI=1S/C32H49NO7/c1-9-24(38)39-27(2,3)13-12-22(36)31(8)25-20(35)15-29(6)21-11-10-17-18(14-19(34)26(33)28(17,4)5)30(21,7)23(37)16-32(25,29)40-31/h10,18-21,25-26,34-35H,9,11-16,33H2,1-8H3/t18-,19+,20-,21+,25-,26?,29+,30+,31+,32+/m1/s1. The Labute approximate surface area is 238 Å². The van der Waals surface area contributed by atoms with E-state index in [4.69, 9.17) is 15.2 Å². The number of nitrogens with two attached hydrogens (primary N) is 1. The number of esters is 1. The van der Waals surface area contributed by atoms with Crippen molar-refractivity contribution in [2.45, 2.75) is 135 Å². The van der Waals surface area contributed by atoms with Crippen LogP contribution in [0.5, 0.6) is 0 Å². The van der Waals surface area contributed by atoms with Gasteiger partial charge in [0.25, 0.3) is 0 Å². The summed E-state index contributed by atoms with van der Waals surface area (Å²) in [5.74, 6) is -1.07. The largest absolute Gasteiger partial charge is 0.460 e. The fourth-order valence-electron chi connectivity index (χ4n) is 9.96. The smallest absolute Gasteiger partial charge is 0.306 e. The molecular weight excluding hydrogens is 510 g/mol. The Kier molecular flexibility index (Phi) is 6.68.